The zero-order chi connectivity index (χ0) is 10.5. The van der Waals surface area contributed by atoms with Crippen molar-refractivity contribution in [1.29, 1.82) is 0 Å². The first-order valence-electron chi connectivity index (χ1n) is 6.86. The van der Waals surface area contributed by atoms with Crippen molar-refractivity contribution in [3.05, 3.63) is 0 Å². The summed E-state index contributed by atoms with van der Waals surface area (Å²) in [5, 5.41) is 3.52. The van der Waals surface area contributed by atoms with E-state index in [1.165, 1.54) is 64.7 Å². The van der Waals surface area contributed by atoms with Crippen molar-refractivity contribution in [3.63, 3.8) is 0 Å². The van der Waals surface area contributed by atoms with Crippen LogP contribution in [0.5, 0.6) is 0 Å². The predicted molar refractivity (Wildman–Crippen MR) is 65.1 cm³/mol. The molecule has 1 saturated carbocycles. The first-order valence-corrected chi connectivity index (χ1v) is 6.86. The second kappa shape index (κ2) is 5.86. The SMILES string of the molecule is CCCNCCN1CCC2CCCCC21. The van der Waals surface area contributed by atoms with Gasteiger partial charge in [0.1, 0.15) is 0 Å². The summed E-state index contributed by atoms with van der Waals surface area (Å²) in [7, 11) is 0. The standard InChI is InChI=1S/C13H26N2/c1-2-8-14-9-11-15-10-7-12-5-3-4-6-13(12)15/h12-14H,2-11H2,1H3. The van der Waals surface area contributed by atoms with E-state index in [1.54, 1.807) is 0 Å². The highest BCUT2D eigenvalue weighted by molar-refractivity contribution is 4.89. The van der Waals surface area contributed by atoms with E-state index in [1.807, 2.05) is 0 Å². The third-order valence-electron chi connectivity index (χ3n) is 4.13. The molecule has 15 heavy (non-hydrogen) atoms. The third-order valence-corrected chi connectivity index (χ3v) is 4.13. The lowest BCUT2D eigenvalue weighted by atomic mass is 9.85. The first kappa shape index (κ1) is 11.4. The summed E-state index contributed by atoms with van der Waals surface area (Å²) >= 11 is 0. The maximum absolute atomic E-state index is 3.52. The number of hydrogen-bond donors (Lipinski definition) is 1. The Morgan fingerprint density at radius 2 is 2.00 bits per heavy atom. The van der Waals surface area contributed by atoms with E-state index in [-0.39, 0.29) is 0 Å². The molecule has 0 aromatic carbocycles. The topological polar surface area (TPSA) is 15.3 Å². The van der Waals surface area contributed by atoms with Gasteiger partial charge in [-0.05, 0) is 44.7 Å². The van der Waals surface area contributed by atoms with Crippen molar-refractivity contribution in [1.82, 2.24) is 10.2 Å². The zero-order valence-electron chi connectivity index (χ0n) is 10.2. The lowest BCUT2D eigenvalue weighted by molar-refractivity contribution is 0.183. The number of nitrogens with one attached hydrogen (secondary N) is 1. The van der Waals surface area contributed by atoms with Crippen LogP contribution in [0.2, 0.25) is 0 Å². The Balaban J connectivity index is 1.69. The molecule has 1 N–H and O–H groups in total. The van der Waals surface area contributed by atoms with Crippen LogP contribution in [-0.4, -0.2) is 37.1 Å². The van der Waals surface area contributed by atoms with Gasteiger partial charge in [0.05, 0.1) is 0 Å². The maximum atomic E-state index is 3.52. The molecule has 1 saturated heterocycles. The fourth-order valence-electron chi connectivity index (χ4n) is 3.31. The van der Waals surface area contributed by atoms with Gasteiger partial charge >= 0.3 is 0 Å². The predicted octanol–water partition coefficient (Wildman–Crippen LogP) is 2.25. The lowest BCUT2D eigenvalue weighted by Gasteiger charge is -2.31. The van der Waals surface area contributed by atoms with Crippen molar-refractivity contribution >= 4 is 0 Å². The molecule has 1 aliphatic heterocycles. The van der Waals surface area contributed by atoms with Crippen LogP contribution in [0.25, 0.3) is 0 Å². The minimum atomic E-state index is 0.946. The van der Waals surface area contributed by atoms with Gasteiger partial charge in [0.15, 0.2) is 0 Å². The Hall–Kier alpha value is -0.0800. The monoisotopic (exact) mass is 210 g/mol. The van der Waals surface area contributed by atoms with Crippen LogP contribution in [0.3, 0.4) is 0 Å². The Bertz CT molecular complexity index is 181. The van der Waals surface area contributed by atoms with Crippen molar-refractivity contribution in [2.75, 3.05) is 26.2 Å². The minimum absolute atomic E-state index is 0.946. The zero-order valence-corrected chi connectivity index (χ0v) is 10.2. The van der Waals surface area contributed by atoms with Crippen molar-refractivity contribution in [2.45, 2.75) is 51.5 Å². The van der Waals surface area contributed by atoms with Gasteiger partial charge in [-0.1, -0.05) is 19.8 Å². The van der Waals surface area contributed by atoms with Crippen LogP contribution in [0.15, 0.2) is 0 Å². The molecule has 0 spiro atoms. The fraction of sp³-hybridized carbons (Fsp3) is 1.00. The molecule has 88 valence electrons. The summed E-state index contributed by atoms with van der Waals surface area (Å²) in [5.74, 6) is 1.05. The smallest absolute Gasteiger partial charge is 0.0124 e. The largest absolute Gasteiger partial charge is 0.315 e. The van der Waals surface area contributed by atoms with Gasteiger partial charge in [-0.15, -0.1) is 0 Å². The molecule has 0 aromatic rings. The molecular weight excluding hydrogens is 184 g/mol. The summed E-state index contributed by atoms with van der Waals surface area (Å²) in [6, 6.07) is 0.946. The molecule has 2 rings (SSSR count). The van der Waals surface area contributed by atoms with E-state index in [4.69, 9.17) is 0 Å². The number of fused-ring (bicyclic) bond motifs is 1. The number of hydrogen-bond acceptors (Lipinski definition) is 2. The Morgan fingerprint density at radius 1 is 1.13 bits per heavy atom. The third kappa shape index (κ3) is 2.94. The molecule has 2 fully saturated rings. The molecule has 0 aromatic heterocycles. The van der Waals surface area contributed by atoms with Gasteiger partial charge in [0, 0.05) is 19.1 Å². The molecule has 2 heteroatoms. The number of nitrogens with zero attached hydrogens (tertiary/aromatic N) is 1. The average Bonchev–Trinajstić information content (AvgIpc) is 2.68. The first-order chi connectivity index (χ1) is 7.42. The number of rotatable bonds is 5. The Morgan fingerprint density at radius 3 is 2.87 bits per heavy atom. The Labute approximate surface area is 94.4 Å². The highest BCUT2D eigenvalue weighted by Crippen LogP contribution is 2.35. The molecule has 1 heterocycles. The van der Waals surface area contributed by atoms with Crippen molar-refractivity contribution in [2.24, 2.45) is 5.92 Å². The van der Waals surface area contributed by atoms with E-state index in [2.05, 4.69) is 17.1 Å². The van der Waals surface area contributed by atoms with Gasteiger partial charge in [-0.2, -0.15) is 0 Å². The highest BCUT2D eigenvalue weighted by Gasteiger charge is 2.34. The van der Waals surface area contributed by atoms with Gasteiger partial charge < -0.3 is 5.32 Å². The van der Waals surface area contributed by atoms with E-state index in [0.717, 1.165) is 12.0 Å². The fourth-order valence-corrected chi connectivity index (χ4v) is 3.31. The van der Waals surface area contributed by atoms with Gasteiger partial charge in [-0.25, -0.2) is 0 Å². The van der Waals surface area contributed by atoms with Crippen LogP contribution in [0.4, 0.5) is 0 Å². The molecule has 2 atom stereocenters. The second-order valence-electron chi connectivity index (χ2n) is 5.19. The van der Waals surface area contributed by atoms with E-state index in [0.29, 0.717) is 0 Å². The molecular formula is C13H26N2. The summed E-state index contributed by atoms with van der Waals surface area (Å²) in [6.45, 7) is 7.25. The Kier molecular flexibility index (Phi) is 4.45. The van der Waals surface area contributed by atoms with Crippen LogP contribution >= 0.6 is 0 Å². The maximum Gasteiger partial charge on any atom is 0.0124 e. The molecule has 2 nitrogen and oxygen atoms in total. The van der Waals surface area contributed by atoms with Crippen LogP contribution in [0, 0.1) is 5.92 Å². The van der Waals surface area contributed by atoms with Crippen LogP contribution in [-0.2, 0) is 0 Å². The second-order valence-corrected chi connectivity index (χ2v) is 5.19. The summed E-state index contributed by atoms with van der Waals surface area (Å²) in [4.78, 5) is 2.74. The van der Waals surface area contributed by atoms with Gasteiger partial charge in [0.2, 0.25) is 0 Å². The van der Waals surface area contributed by atoms with Crippen molar-refractivity contribution in [3.8, 4) is 0 Å². The molecule has 0 bridgehead atoms. The molecule has 2 aliphatic rings. The van der Waals surface area contributed by atoms with E-state index < -0.39 is 0 Å². The minimum Gasteiger partial charge on any atom is -0.315 e. The van der Waals surface area contributed by atoms with E-state index in [9.17, 15) is 0 Å². The van der Waals surface area contributed by atoms with Crippen molar-refractivity contribution < 1.29 is 0 Å². The van der Waals surface area contributed by atoms with E-state index >= 15 is 0 Å². The van der Waals surface area contributed by atoms with Gasteiger partial charge in [0.25, 0.3) is 0 Å². The quantitative estimate of drug-likeness (QED) is 0.700. The molecule has 2 unspecified atom stereocenters. The summed E-state index contributed by atoms with van der Waals surface area (Å²) in [6.07, 6.45) is 8.66. The van der Waals surface area contributed by atoms with Crippen LogP contribution < -0.4 is 5.32 Å². The summed E-state index contributed by atoms with van der Waals surface area (Å²) < 4.78 is 0. The van der Waals surface area contributed by atoms with Crippen LogP contribution in [0.1, 0.15) is 45.4 Å². The normalized spacial score (nSPS) is 31.8. The molecule has 1 aliphatic carbocycles. The summed E-state index contributed by atoms with van der Waals surface area (Å²) in [5.41, 5.74) is 0. The highest BCUT2D eigenvalue weighted by atomic mass is 15.2. The number of likely N-dealkylation sites (tertiary alicyclic amines) is 1. The van der Waals surface area contributed by atoms with Gasteiger partial charge in [-0.3, -0.25) is 4.90 Å². The molecule has 0 amide bonds. The molecule has 0 radical (unpaired) electrons. The lowest BCUT2D eigenvalue weighted by Crippen LogP contribution is -2.39. The average molecular weight is 210 g/mol.